The van der Waals surface area contributed by atoms with E-state index in [4.69, 9.17) is 15.4 Å². The molecule has 0 amide bonds. The average Bonchev–Trinajstić information content (AvgIpc) is 2.81. The number of hydrogen-bond donors (Lipinski definition) is 4. The topological polar surface area (TPSA) is 174 Å². The summed E-state index contributed by atoms with van der Waals surface area (Å²) in [5, 5.41) is 32.1. The highest BCUT2D eigenvalue weighted by atomic mass is 16.6. The highest BCUT2D eigenvalue weighted by molar-refractivity contribution is 5.06. The van der Waals surface area contributed by atoms with Gasteiger partial charge in [-0.05, 0) is 18.4 Å². The second-order valence-corrected chi connectivity index (χ2v) is 5.11. The Bertz CT molecular complexity index is 709. The maximum atomic E-state index is 11.9. The molecule has 4 atom stereocenters. The molecule has 126 valence electrons. The van der Waals surface area contributed by atoms with Crippen LogP contribution in [0.25, 0.3) is 10.4 Å². The van der Waals surface area contributed by atoms with E-state index < -0.39 is 42.4 Å². The number of nitrogens with zero attached hydrogens (tertiary/aromatic N) is 4. The lowest BCUT2D eigenvalue weighted by Gasteiger charge is -2.17. The van der Waals surface area contributed by atoms with Crippen LogP contribution < -0.4 is 11.2 Å². The number of ether oxygens (including phenoxy) is 1. The quantitative estimate of drug-likeness (QED) is 0.212. The molecule has 0 saturated carbocycles. The van der Waals surface area contributed by atoms with Crippen LogP contribution in [0.3, 0.4) is 0 Å². The van der Waals surface area contributed by atoms with E-state index in [1.54, 1.807) is 0 Å². The first-order valence-corrected chi connectivity index (χ1v) is 6.97. The fourth-order valence-electron chi connectivity index (χ4n) is 2.39. The molecular formula is C12H17N5O6. The summed E-state index contributed by atoms with van der Waals surface area (Å²) in [6, 6.07) is 0. The number of H-pyrrole nitrogens is 1. The average molecular weight is 327 g/mol. The number of aromatic amines is 1. The molecule has 2 rings (SSSR count). The Morgan fingerprint density at radius 2 is 2.13 bits per heavy atom. The van der Waals surface area contributed by atoms with Gasteiger partial charge in [-0.1, -0.05) is 5.11 Å². The summed E-state index contributed by atoms with van der Waals surface area (Å²) >= 11 is 0. The normalized spacial score (nSPS) is 26.9. The minimum atomic E-state index is -1.42. The number of aliphatic hydroxyl groups is 3. The van der Waals surface area contributed by atoms with Gasteiger partial charge in [0.25, 0.3) is 5.56 Å². The monoisotopic (exact) mass is 327 g/mol. The zero-order valence-corrected chi connectivity index (χ0v) is 12.1. The van der Waals surface area contributed by atoms with Crippen molar-refractivity contribution in [1.82, 2.24) is 9.55 Å². The van der Waals surface area contributed by atoms with E-state index in [9.17, 15) is 19.8 Å². The maximum absolute atomic E-state index is 11.9. The molecule has 0 aromatic carbocycles. The molecule has 0 radical (unpaired) electrons. The number of nitrogens with one attached hydrogen (secondary N) is 1. The molecule has 0 aliphatic carbocycles. The standard InChI is InChI=1S/C12H17N5O6/c13-16-14-3-1-2-6-4-17(12(22)15-10(6)21)11-9(20)8(19)7(5-18)23-11/h4,7-9,11,18-20H,1-3,5H2,(H,15,21,22)/t7-,8?,9+,11-/m1/s1. The number of hydrogen-bond acceptors (Lipinski definition) is 7. The third-order valence-corrected chi connectivity index (χ3v) is 3.60. The van der Waals surface area contributed by atoms with Crippen LogP contribution in [0.2, 0.25) is 0 Å². The third kappa shape index (κ3) is 3.60. The summed E-state index contributed by atoms with van der Waals surface area (Å²) in [7, 11) is 0. The predicted molar refractivity (Wildman–Crippen MR) is 76.7 cm³/mol. The maximum Gasteiger partial charge on any atom is 0.330 e. The van der Waals surface area contributed by atoms with Gasteiger partial charge in [0.1, 0.15) is 18.3 Å². The summed E-state index contributed by atoms with van der Waals surface area (Å²) in [6.45, 7) is -0.325. The fourth-order valence-corrected chi connectivity index (χ4v) is 2.39. The first-order chi connectivity index (χ1) is 11.0. The Balaban J connectivity index is 2.27. The van der Waals surface area contributed by atoms with Crippen LogP contribution in [0, 0.1) is 0 Å². The van der Waals surface area contributed by atoms with Gasteiger partial charge in [-0.15, -0.1) is 0 Å². The Hall–Kier alpha value is -2.17. The molecule has 11 nitrogen and oxygen atoms in total. The predicted octanol–water partition coefficient (Wildman–Crippen LogP) is -1.61. The molecule has 1 unspecified atom stereocenters. The molecule has 1 aliphatic heterocycles. The van der Waals surface area contributed by atoms with Crippen molar-refractivity contribution in [3.63, 3.8) is 0 Å². The molecule has 1 fully saturated rings. The second-order valence-electron chi connectivity index (χ2n) is 5.11. The smallest absolute Gasteiger partial charge is 0.330 e. The summed E-state index contributed by atoms with van der Waals surface area (Å²) < 4.78 is 6.23. The van der Waals surface area contributed by atoms with E-state index >= 15 is 0 Å². The van der Waals surface area contributed by atoms with Gasteiger partial charge in [-0.25, -0.2) is 4.79 Å². The van der Waals surface area contributed by atoms with Crippen LogP contribution in [0.5, 0.6) is 0 Å². The molecule has 1 aromatic heterocycles. The Labute approximate surface area is 129 Å². The minimum Gasteiger partial charge on any atom is -0.394 e. The van der Waals surface area contributed by atoms with Gasteiger partial charge in [-0.3, -0.25) is 14.3 Å². The van der Waals surface area contributed by atoms with E-state index in [0.29, 0.717) is 6.42 Å². The molecular weight excluding hydrogens is 310 g/mol. The van der Waals surface area contributed by atoms with Crippen molar-refractivity contribution in [2.75, 3.05) is 13.2 Å². The van der Waals surface area contributed by atoms with Crippen LogP contribution in [0.1, 0.15) is 18.2 Å². The Kier molecular flexibility index (Phi) is 5.53. The number of aryl methyl sites for hydroxylation is 1. The summed E-state index contributed by atoms with van der Waals surface area (Å²) in [4.78, 5) is 28.4. The number of rotatable bonds is 6. The summed E-state index contributed by atoms with van der Waals surface area (Å²) in [5.74, 6) is 0. The summed E-state index contributed by atoms with van der Waals surface area (Å²) in [5.41, 5.74) is 7.06. The van der Waals surface area contributed by atoms with Gasteiger partial charge in [0.05, 0.1) is 6.61 Å². The van der Waals surface area contributed by atoms with E-state index in [1.807, 2.05) is 0 Å². The lowest BCUT2D eigenvalue weighted by molar-refractivity contribution is -0.0551. The van der Waals surface area contributed by atoms with Gasteiger partial charge in [0.2, 0.25) is 0 Å². The van der Waals surface area contributed by atoms with Crippen molar-refractivity contribution in [2.24, 2.45) is 5.11 Å². The molecule has 4 N–H and O–H groups in total. The molecule has 1 aliphatic rings. The van der Waals surface area contributed by atoms with Crippen molar-refractivity contribution < 1.29 is 20.1 Å². The van der Waals surface area contributed by atoms with Crippen LogP contribution in [-0.4, -0.2) is 56.3 Å². The van der Waals surface area contributed by atoms with E-state index in [0.717, 1.165) is 4.57 Å². The van der Waals surface area contributed by atoms with Gasteiger partial charge >= 0.3 is 5.69 Å². The molecule has 11 heteroatoms. The molecule has 2 heterocycles. The zero-order chi connectivity index (χ0) is 17.0. The molecule has 0 bridgehead atoms. The lowest BCUT2D eigenvalue weighted by atomic mass is 10.1. The minimum absolute atomic E-state index is 0.197. The van der Waals surface area contributed by atoms with Gasteiger partial charge in [0, 0.05) is 23.2 Å². The SMILES string of the molecule is [N-]=[N+]=NCCCc1cn([C@@H]2O[C@H](CO)C(O)[C@@H]2O)c(=O)[nH]c1=O. The van der Waals surface area contributed by atoms with Crippen LogP contribution in [0.4, 0.5) is 0 Å². The van der Waals surface area contributed by atoms with Crippen molar-refractivity contribution in [3.8, 4) is 0 Å². The van der Waals surface area contributed by atoms with Crippen molar-refractivity contribution >= 4 is 0 Å². The van der Waals surface area contributed by atoms with Crippen LogP contribution in [-0.2, 0) is 11.2 Å². The molecule has 23 heavy (non-hydrogen) atoms. The van der Waals surface area contributed by atoms with Gasteiger partial charge in [0.15, 0.2) is 6.23 Å². The van der Waals surface area contributed by atoms with Crippen molar-refractivity contribution in [1.29, 1.82) is 0 Å². The van der Waals surface area contributed by atoms with E-state index in [-0.39, 0.29) is 18.5 Å². The van der Waals surface area contributed by atoms with Crippen LogP contribution >= 0.6 is 0 Å². The number of aliphatic hydroxyl groups excluding tert-OH is 3. The van der Waals surface area contributed by atoms with E-state index in [2.05, 4.69) is 15.0 Å². The highest BCUT2D eigenvalue weighted by Gasteiger charge is 2.43. The van der Waals surface area contributed by atoms with Gasteiger partial charge in [-0.2, -0.15) is 0 Å². The number of azide groups is 1. The Morgan fingerprint density at radius 3 is 2.74 bits per heavy atom. The lowest BCUT2D eigenvalue weighted by Crippen LogP contribution is -2.38. The van der Waals surface area contributed by atoms with Crippen LogP contribution in [0.15, 0.2) is 20.9 Å². The largest absolute Gasteiger partial charge is 0.394 e. The second kappa shape index (κ2) is 7.40. The summed E-state index contributed by atoms with van der Waals surface area (Å²) in [6.07, 6.45) is -3.13. The highest BCUT2D eigenvalue weighted by Crippen LogP contribution is 2.27. The first-order valence-electron chi connectivity index (χ1n) is 6.97. The van der Waals surface area contributed by atoms with Crippen molar-refractivity contribution in [3.05, 3.63) is 43.0 Å². The fraction of sp³-hybridized carbons (Fsp3) is 0.667. The van der Waals surface area contributed by atoms with Crippen molar-refractivity contribution in [2.45, 2.75) is 37.4 Å². The molecule has 1 aromatic rings. The number of aromatic nitrogens is 2. The molecule has 1 saturated heterocycles. The third-order valence-electron chi connectivity index (χ3n) is 3.60. The van der Waals surface area contributed by atoms with E-state index in [1.165, 1.54) is 6.20 Å². The first kappa shape index (κ1) is 17.2. The zero-order valence-electron chi connectivity index (χ0n) is 12.1. The Morgan fingerprint density at radius 1 is 1.39 bits per heavy atom. The van der Waals surface area contributed by atoms with Gasteiger partial charge < -0.3 is 20.1 Å². The molecule has 0 spiro atoms.